The Hall–Kier alpha value is -1.07. The molecular weight excluding hydrogens is 236 g/mol. The minimum Gasteiger partial charge on any atom is -0.389 e. The van der Waals surface area contributed by atoms with E-state index in [1.807, 2.05) is 6.07 Å². The maximum atomic E-state index is 11.5. The van der Waals surface area contributed by atoms with E-state index in [0.29, 0.717) is 11.8 Å². The number of hydrogen-bond acceptors (Lipinski definition) is 4. The quantitative estimate of drug-likeness (QED) is 0.780. The standard InChI is InChI=1S/C12H16N2O2S/c1-8(15)9-4-5-13-12(6-9)17-7-11(16)14-10-2-3-10/h4-6,8,10,15H,2-3,7H2,1H3,(H,14,16). The van der Waals surface area contributed by atoms with Crippen molar-refractivity contribution >= 4 is 17.7 Å². The molecule has 0 bridgehead atoms. The van der Waals surface area contributed by atoms with Crippen molar-refractivity contribution in [3.05, 3.63) is 23.9 Å². The average molecular weight is 252 g/mol. The molecule has 92 valence electrons. The van der Waals surface area contributed by atoms with Crippen LogP contribution in [-0.2, 0) is 4.79 Å². The van der Waals surface area contributed by atoms with Gasteiger partial charge in [0.2, 0.25) is 5.91 Å². The Bertz CT molecular complexity index is 405. The van der Waals surface area contributed by atoms with Gasteiger partial charge in [-0.05, 0) is 37.5 Å². The van der Waals surface area contributed by atoms with Crippen molar-refractivity contribution < 1.29 is 9.90 Å². The highest BCUT2D eigenvalue weighted by Crippen LogP contribution is 2.21. The SMILES string of the molecule is CC(O)c1ccnc(SCC(=O)NC2CC2)c1. The molecule has 1 amide bonds. The Kier molecular flexibility index (Phi) is 4.02. The van der Waals surface area contributed by atoms with Crippen LogP contribution in [0.15, 0.2) is 23.4 Å². The normalized spacial score (nSPS) is 16.6. The summed E-state index contributed by atoms with van der Waals surface area (Å²) in [5.41, 5.74) is 0.824. The highest BCUT2D eigenvalue weighted by atomic mass is 32.2. The van der Waals surface area contributed by atoms with Crippen molar-refractivity contribution in [3.8, 4) is 0 Å². The highest BCUT2D eigenvalue weighted by molar-refractivity contribution is 7.99. The van der Waals surface area contributed by atoms with E-state index in [1.54, 1.807) is 19.2 Å². The van der Waals surface area contributed by atoms with Gasteiger partial charge in [0.15, 0.2) is 0 Å². The third kappa shape index (κ3) is 4.02. The number of aliphatic hydroxyl groups excluding tert-OH is 1. The third-order valence-electron chi connectivity index (χ3n) is 2.53. The molecule has 5 heteroatoms. The van der Waals surface area contributed by atoms with E-state index in [0.717, 1.165) is 23.4 Å². The molecule has 0 aromatic carbocycles. The Labute approximate surface area is 105 Å². The summed E-state index contributed by atoms with van der Waals surface area (Å²) in [7, 11) is 0. The van der Waals surface area contributed by atoms with E-state index in [9.17, 15) is 9.90 Å². The van der Waals surface area contributed by atoms with E-state index in [2.05, 4.69) is 10.3 Å². The Balaban J connectivity index is 1.84. The number of carbonyl (C=O) groups excluding carboxylic acids is 1. The van der Waals surface area contributed by atoms with E-state index in [4.69, 9.17) is 0 Å². The first-order chi connectivity index (χ1) is 8.15. The maximum absolute atomic E-state index is 11.5. The van der Waals surface area contributed by atoms with Crippen molar-refractivity contribution in [1.82, 2.24) is 10.3 Å². The summed E-state index contributed by atoms with van der Waals surface area (Å²) in [5.74, 6) is 0.439. The summed E-state index contributed by atoms with van der Waals surface area (Å²) in [6, 6.07) is 4.00. The summed E-state index contributed by atoms with van der Waals surface area (Å²) >= 11 is 1.40. The van der Waals surface area contributed by atoms with Gasteiger partial charge < -0.3 is 10.4 Å². The first-order valence-electron chi connectivity index (χ1n) is 5.71. The largest absolute Gasteiger partial charge is 0.389 e. The monoisotopic (exact) mass is 252 g/mol. The number of rotatable bonds is 5. The third-order valence-corrected chi connectivity index (χ3v) is 3.46. The van der Waals surface area contributed by atoms with Gasteiger partial charge in [-0.3, -0.25) is 4.79 Å². The van der Waals surface area contributed by atoms with Crippen LogP contribution in [0, 0.1) is 0 Å². The van der Waals surface area contributed by atoms with Crippen LogP contribution in [0.1, 0.15) is 31.4 Å². The number of pyridine rings is 1. The first kappa shape index (κ1) is 12.4. The van der Waals surface area contributed by atoms with Crippen LogP contribution in [0.25, 0.3) is 0 Å². The second-order valence-corrected chi connectivity index (χ2v) is 5.23. The van der Waals surface area contributed by atoms with E-state index in [1.165, 1.54) is 11.8 Å². The lowest BCUT2D eigenvalue weighted by Crippen LogP contribution is -2.27. The van der Waals surface area contributed by atoms with Crippen LogP contribution in [0.3, 0.4) is 0 Å². The Morgan fingerprint density at radius 3 is 3.12 bits per heavy atom. The molecule has 1 saturated carbocycles. The molecule has 1 fully saturated rings. The molecule has 1 aliphatic rings. The van der Waals surface area contributed by atoms with E-state index in [-0.39, 0.29) is 5.91 Å². The molecule has 1 unspecified atom stereocenters. The molecule has 1 aliphatic carbocycles. The number of amides is 1. The fourth-order valence-electron chi connectivity index (χ4n) is 1.40. The number of thioether (sulfide) groups is 1. The maximum Gasteiger partial charge on any atom is 0.230 e. The van der Waals surface area contributed by atoms with Crippen molar-refractivity contribution in [1.29, 1.82) is 0 Å². The number of aromatic nitrogens is 1. The lowest BCUT2D eigenvalue weighted by molar-refractivity contribution is -0.118. The second-order valence-electron chi connectivity index (χ2n) is 4.23. The molecule has 0 saturated heterocycles. The van der Waals surface area contributed by atoms with E-state index < -0.39 is 6.10 Å². The molecule has 4 nitrogen and oxygen atoms in total. The summed E-state index contributed by atoms with van der Waals surface area (Å²) in [6.07, 6.45) is 3.36. The number of aliphatic hydroxyl groups is 1. The van der Waals surface area contributed by atoms with Gasteiger partial charge in [0.1, 0.15) is 0 Å². The summed E-state index contributed by atoms with van der Waals surface area (Å²) < 4.78 is 0. The van der Waals surface area contributed by atoms with Crippen LogP contribution < -0.4 is 5.32 Å². The molecule has 1 aromatic rings. The van der Waals surface area contributed by atoms with Crippen molar-refractivity contribution in [2.24, 2.45) is 0 Å². The molecule has 1 atom stereocenters. The highest BCUT2D eigenvalue weighted by Gasteiger charge is 2.23. The molecule has 1 aromatic heterocycles. The Morgan fingerprint density at radius 1 is 1.71 bits per heavy atom. The molecule has 17 heavy (non-hydrogen) atoms. The van der Waals surface area contributed by atoms with Gasteiger partial charge in [0, 0.05) is 12.2 Å². The Morgan fingerprint density at radius 2 is 2.47 bits per heavy atom. The smallest absolute Gasteiger partial charge is 0.230 e. The number of carbonyl (C=O) groups is 1. The van der Waals surface area contributed by atoms with Gasteiger partial charge in [-0.2, -0.15) is 0 Å². The lowest BCUT2D eigenvalue weighted by Gasteiger charge is -2.06. The zero-order valence-electron chi connectivity index (χ0n) is 9.72. The fraction of sp³-hybridized carbons (Fsp3) is 0.500. The molecule has 1 heterocycles. The molecule has 0 radical (unpaired) electrons. The van der Waals surface area contributed by atoms with Crippen molar-refractivity contribution in [2.75, 3.05) is 5.75 Å². The van der Waals surface area contributed by atoms with Crippen molar-refractivity contribution in [2.45, 2.75) is 36.9 Å². The van der Waals surface area contributed by atoms with Crippen LogP contribution in [0.5, 0.6) is 0 Å². The van der Waals surface area contributed by atoms with Gasteiger partial charge in [-0.25, -0.2) is 4.98 Å². The topological polar surface area (TPSA) is 62.2 Å². The summed E-state index contributed by atoms with van der Waals surface area (Å²) in [5, 5.41) is 13.1. The molecule has 0 spiro atoms. The van der Waals surface area contributed by atoms with Crippen molar-refractivity contribution in [3.63, 3.8) is 0 Å². The van der Waals surface area contributed by atoms with Gasteiger partial charge in [0.25, 0.3) is 0 Å². The summed E-state index contributed by atoms with van der Waals surface area (Å²) in [4.78, 5) is 15.6. The predicted molar refractivity (Wildman–Crippen MR) is 66.8 cm³/mol. The fourth-order valence-corrected chi connectivity index (χ4v) is 2.12. The van der Waals surface area contributed by atoms with Gasteiger partial charge in [0.05, 0.1) is 16.9 Å². The van der Waals surface area contributed by atoms with Gasteiger partial charge in [-0.15, -0.1) is 0 Å². The first-order valence-corrected chi connectivity index (χ1v) is 6.70. The van der Waals surface area contributed by atoms with Crippen LogP contribution in [0.2, 0.25) is 0 Å². The predicted octanol–water partition coefficient (Wildman–Crippen LogP) is 1.51. The van der Waals surface area contributed by atoms with Gasteiger partial charge in [-0.1, -0.05) is 11.8 Å². The average Bonchev–Trinajstić information content (AvgIpc) is 3.11. The van der Waals surface area contributed by atoms with Crippen LogP contribution in [-0.4, -0.2) is 27.8 Å². The summed E-state index contributed by atoms with van der Waals surface area (Å²) in [6.45, 7) is 1.71. The molecule has 0 aliphatic heterocycles. The molecule has 2 N–H and O–H groups in total. The van der Waals surface area contributed by atoms with Crippen LogP contribution in [0.4, 0.5) is 0 Å². The number of hydrogen-bond donors (Lipinski definition) is 2. The minimum atomic E-state index is -0.502. The number of nitrogens with one attached hydrogen (secondary N) is 1. The minimum absolute atomic E-state index is 0.0572. The van der Waals surface area contributed by atoms with Crippen LogP contribution >= 0.6 is 11.8 Å². The zero-order valence-corrected chi connectivity index (χ0v) is 10.5. The van der Waals surface area contributed by atoms with E-state index >= 15 is 0 Å². The second kappa shape index (κ2) is 5.51. The van der Waals surface area contributed by atoms with Gasteiger partial charge >= 0.3 is 0 Å². The number of nitrogens with zero attached hydrogens (tertiary/aromatic N) is 1. The zero-order chi connectivity index (χ0) is 12.3. The lowest BCUT2D eigenvalue weighted by atomic mass is 10.2. The molecule has 2 rings (SSSR count). The molecular formula is C12H16N2O2S.